The molecule has 0 atom stereocenters. The van der Waals surface area contributed by atoms with E-state index in [2.05, 4.69) is 163 Å². The molecule has 45 heavy (non-hydrogen) atoms. The lowest BCUT2D eigenvalue weighted by atomic mass is 9.73. The standard InChI is InChI=1S/C45H44/c1-7-33-18-15-21-37(29-33)43-44(39-22-12-10-17-32(39)6)42(36-20-14-16-31(5)28-36)38(9-3)41(35-26-24-30(4)25-27-35)45(43)40-23-13-11-19-34(40)8-2/h10-29H,7-9H2,1-6H3. The van der Waals surface area contributed by atoms with Gasteiger partial charge in [0, 0.05) is 0 Å². The second-order valence-corrected chi connectivity index (χ2v) is 12.3. The topological polar surface area (TPSA) is 0 Å². The zero-order valence-corrected chi connectivity index (χ0v) is 27.7. The molecular weight excluding hydrogens is 540 g/mol. The van der Waals surface area contributed by atoms with Crippen LogP contribution in [0, 0.1) is 20.8 Å². The first-order valence-corrected chi connectivity index (χ1v) is 16.6. The molecule has 0 amide bonds. The minimum Gasteiger partial charge on any atom is -0.0620 e. The minimum atomic E-state index is 0.919. The van der Waals surface area contributed by atoms with Crippen molar-refractivity contribution in [3.8, 4) is 55.6 Å². The summed E-state index contributed by atoms with van der Waals surface area (Å²) in [6.45, 7) is 13.5. The summed E-state index contributed by atoms with van der Waals surface area (Å²) in [5, 5.41) is 0. The summed E-state index contributed by atoms with van der Waals surface area (Å²) in [6.07, 6.45) is 2.89. The molecule has 0 unspecified atom stereocenters. The molecule has 0 heteroatoms. The van der Waals surface area contributed by atoms with Crippen molar-refractivity contribution < 1.29 is 0 Å². The molecule has 0 aliphatic carbocycles. The minimum absolute atomic E-state index is 0.919. The van der Waals surface area contributed by atoms with Gasteiger partial charge in [-0.1, -0.05) is 153 Å². The SMILES string of the molecule is CCc1cccc(-c2c(-c3ccccc3C)c(-c3cccc(C)c3)c(CC)c(-c3ccc(C)cc3)c2-c2ccccc2CC)c1. The molecule has 0 aliphatic heterocycles. The predicted molar refractivity (Wildman–Crippen MR) is 196 cm³/mol. The Labute approximate surface area is 270 Å². The Morgan fingerprint density at radius 2 is 1.02 bits per heavy atom. The van der Waals surface area contributed by atoms with Gasteiger partial charge in [-0.15, -0.1) is 0 Å². The van der Waals surface area contributed by atoms with Crippen LogP contribution in [0.3, 0.4) is 0 Å². The van der Waals surface area contributed by atoms with E-state index < -0.39 is 0 Å². The largest absolute Gasteiger partial charge is 0.0620 e. The van der Waals surface area contributed by atoms with E-state index in [4.69, 9.17) is 0 Å². The Kier molecular flexibility index (Phi) is 8.85. The Bertz CT molecular complexity index is 1970. The normalized spacial score (nSPS) is 11.2. The second-order valence-electron chi connectivity index (χ2n) is 12.3. The number of hydrogen-bond acceptors (Lipinski definition) is 0. The van der Waals surface area contributed by atoms with Gasteiger partial charge in [-0.05, 0) is 118 Å². The van der Waals surface area contributed by atoms with Crippen LogP contribution >= 0.6 is 0 Å². The van der Waals surface area contributed by atoms with Crippen molar-refractivity contribution in [3.05, 3.63) is 155 Å². The van der Waals surface area contributed by atoms with Crippen molar-refractivity contribution >= 4 is 0 Å². The fourth-order valence-electron chi connectivity index (χ4n) is 7.01. The smallest absolute Gasteiger partial charge is 0.00138 e. The highest BCUT2D eigenvalue weighted by atomic mass is 14.3. The van der Waals surface area contributed by atoms with E-state index in [1.165, 1.54) is 89.0 Å². The fraction of sp³-hybridized carbons (Fsp3) is 0.200. The summed E-state index contributed by atoms with van der Waals surface area (Å²) < 4.78 is 0. The molecule has 6 rings (SSSR count). The van der Waals surface area contributed by atoms with Gasteiger partial charge in [0.1, 0.15) is 0 Å². The lowest BCUT2D eigenvalue weighted by molar-refractivity contribution is 1.13. The first kappa shape index (κ1) is 30.4. The van der Waals surface area contributed by atoms with Gasteiger partial charge in [-0.3, -0.25) is 0 Å². The van der Waals surface area contributed by atoms with Gasteiger partial charge in [0.15, 0.2) is 0 Å². The number of aryl methyl sites for hydroxylation is 5. The van der Waals surface area contributed by atoms with Crippen molar-refractivity contribution in [1.29, 1.82) is 0 Å². The number of hydrogen-bond donors (Lipinski definition) is 0. The molecule has 0 aromatic heterocycles. The summed E-state index contributed by atoms with van der Waals surface area (Å²) in [5.41, 5.74) is 21.1. The second kappa shape index (κ2) is 13.1. The van der Waals surface area contributed by atoms with Crippen LogP contribution in [0.15, 0.2) is 121 Å². The van der Waals surface area contributed by atoms with Crippen molar-refractivity contribution in [2.45, 2.75) is 60.8 Å². The zero-order chi connectivity index (χ0) is 31.5. The molecule has 6 aromatic rings. The van der Waals surface area contributed by atoms with Gasteiger partial charge in [0.05, 0.1) is 0 Å². The summed E-state index contributed by atoms with van der Waals surface area (Å²) >= 11 is 0. The number of rotatable bonds is 8. The van der Waals surface area contributed by atoms with Crippen molar-refractivity contribution in [2.24, 2.45) is 0 Å². The lowest BCUT2D eigenvalue weighted by Gasteiger charge is -2.29. The number of benzene rings is 6. The molecule has 0 aliphatic rings. The van der Waals surface area contributed by atoms with E-state index in [1.54, 1.807) is 0 Å². The maximum atomic E-state index is 2.43. The first-order chi connectivity index (χ1) is 21.9. The molecule has 0 nitrogen and oxygen atoms in total. The molecule has 6 aromatic carbocycles. The monoisotopic (exact) mass is 584 g/mol. The summed E-state index contributed by atoms with van der Waals surface area (Å²) in [4.78, 5) is 0. The summed E-state index contributed by atoms with van der Waals surface area (Å²) in [6, 6.07) is 45.6. The van der Waals surface area contributed by atoms with Crippen LogP contribution in [0.4, 0.5) is 0 Å². The first-order valence-electron chi connectivity index (χ1n) is 16.6. The highest BCUT2D eigenvalue weighted by molar-refractivity contribution is 6.10. The zero-order valence-electron chi connectivity index (χ0n) is 27.7. The van der Waals surface area contributed by atoms with Crippen LogP contribution in [0.1, 0.15) is 54.2 Å². The van der Waals surface area contributed by atoms with Crippen LogP contribution < -0.4 is 0 Å². The third-order valence-electron chi connectivity index (χ3n) is 9.31. The quantitative estimate of drug-likeness (QED) is 0.167. The van der Waals surface area contributed by atoms with E-state index in [0.717, 1.165) is 19.3 Å². The average molecular weight is 585 g/mol. The molecular formula is C45H44. The fourth-order valence-corrected chi connectivity index (χ4v) is 7.01. The third-order valence-corrected chi connectivity index (χ3v) is 9.31. The maximum Gasteiger partial charge on any atom is -0.00138 e. The Morgan fingerprint density at radius 1 is 0.400 bits per heavy atom. The molecule has 0 heterocycles. The summed E-state index contributed by atoms with van der Waals surface area (Å²) in [7, 11) is 0. The van der Waals surface area contributed by atoms with Crippen LogP contribution in [-0.4, -0.2) is 0 Å². The molecule has 0 N–H and O–H groups in total. The van der Waals surface area contributed by atoms with Gasteiger partial charge < -0.3 is 0 Å². The Hall–Kier alpha value is -4.68. The maximum absolute atomic E-state index is 2.43. The third kappa shape index (κ3) is 5.78. The van der Waals surface area contributed by atoms with Gasteiger partial charge in [-0.2, -0.15) is 0 Å². The van der Waals surface area contributed by atoms with Gasteiger partial charge >= 0.3 is 0 Å². The summed E-state index contributed by atoms with van der Waals surface area (Å²) in [5.74, 6) is 0. The molecule has 0 saturated heterocycles. The lowest BCUT2D eigenvalue weighted by Crippen LogP contribution is -2.05. The van der Waals surface area contributed by atoms with Crippen LogP contribution in [0.5, 0.6) is 0 Å². The molecule has 0 bridgehead atoms. The van der Waals surface area contributed by atoms with Crippen LogP contribution in [0.2, 0.25) is 0 Å². The van der Waals surface area contributed by atoms with E-state index in [-0.39, 0.29) is 0 Å². The molecule has 0 spiro atoms. The van der Waals surface area contributed by atoms with Crippen LogP contribution in [0.25, 0.3) is 55.6 Å². The van der Waals surface area contributed by atoms with Crippen molar-refractivity contribution in [1.82, 2.24) is 0 Å². The van der Waals surface area contributed by atoms with Gasteiger partial charge in [0.25, 0.3) is 0 Å². The average Bonchev–Trinajstić information content (AvgIpc) is 3.07. The molecule has 0 saturated carbocycles. The predicted octanol–water partition coefficient (Wildman–Crippen LogP) is 12.6. The Morgan fingerprint density at radius 3 is 1.69 bits per heavy atom. The Balaban J connectivity index is 1.96. The van der Waals surface area contributed by atoms with Crippen molar-refractivity contribution in [3.63, 3.8) is 0 Å². The van der Waals surface area contributed by atoms with E-state index in [9.17, 15) is 0 Å². The molecule has 0 radical (unpaired) electrons. The van der Waals surface area contributed by atoms with Gasteiger partial charge in [0.2, 0.25) is 0 Å². The van der Waals surface area contributed by atoms with E-state index in [1.807, 2.05) is 0 Å². The van der Waals surface area contributed by atoms with Crippen LogP contribution in [-0.2, 0) is 19.3 Å². The van der Waals surface area contributed by atoms with Gasteiger partial charge in [-0.25, -0.2) is 0 Å². The van der Waals surface area contributed by atoms with E-state index in [0.29, 0.717) is 0 Å². The molecule has 0 fully saturated rings. The van der Waals surface area contributed by atoms with E-state index >= 15 is 0 Å². The molecule has 224 valence electrons. The highest BCUT2D eigenvalue weighted by Crippen LogP contribution is 2.54. The van der Waals surface area contributed by atoms with Crippen molar-refractivity contribution in [2.75, 3.05) is 0 Å². The highest BCUT2D eigenvalue weighted by Gasteiger charge is 2.29.